The van der Waals surface area contributed by atoms with E-state index in [4.69, 9.17) is 26.6 Å². The summed E-state index contributed by atoms with van der Waals surface area (Å²) in [6.45, 7) is 8.61. The molecule has 1 aliphatic carbocycles. The van der Waals surface area contributed by atoms with Crippen LogP contribution in [0.15, 0.2) is 30.3 Å². The second kappa shape index (κ2) is 13.1. The Kier molecular flexibility index (Phi) is 10.3. The molecule has 3 N–H and O–H groups in total. The number of aliphatic hydroxyl groups excluding tert-OH is 1. The predicted octanol–water partition coefficient (Wildman–Crippen LogP) is 5.22. The summed E-state index contributed by atoms with van der Waals surface area (Å²) in [4.78, 5) is 8.90. The normalized spacial score (nSPS) is 16.1. The summed E-state index contributed by atoms with van der Waals surface area (Å²) >= 11 is 7.09. The van der Waals surface area contributed by atoms with Gasteiger partial charge in [-0.15, -0.1) is 5.10 Å². The first-order chi connectivity index (χ1) is 18.8. The van der Waals surface area contributed by atoms with Gasteiger partial charge in [-0.1, -0.05) is 50.6 Å². The van der Waals surface area contributed by atoms with Crippen LogP contribution in [-0.2, 0) is 4.79 Å². The van der Waals surface area contributed by atoms with Gasteiger partial charge in [0.15, 0.2) is 5.82 Å². The van der Waals surface area contributed by atoms with Crippen LogP contribution in [0.25, 0.3) is 5.69 Å². The van der Waals surface area contributed by atoms with Crippen LogP contribution in [0.2, 0.25) is 5.15 Å². The molecule has 1 saturated carbocycles. The first-order valence-corrected chi connectivity index (χ1v) is 13.5. The molecule has 14 heteroatoms. The third-order valence-corrected chi connectivity index (χ3v) is 7.47. The van der Waals surface area contributed by atoms with Crippen molar-refractivity contribution < 1.29 is 28.2 Å². The van der Waals surface area contributed by atoms with Crippen molar-refractivity contribution in [2.24, 2.45) is 0 Å². The summed E-state index contributed by atoms with van der Waals surface area (Å²) in [5.41, 5.74) is 2.56. The number of rotatable bonds is 10. The van der Waals surface area contributed by atoms with Gasteiger partial charge in [0.25, 0.3) is 0 Å². The lowest BCUT2D eigenvalue weighted by atomic mass is 9.73. The number of carboxylic acids is 1. The topological polar surface area (TPSA) is 131 Å². The highest BCUT2D eigenvalue weighted by Crippen LogP contribution is 2.42. The van der Waals surface area contributed by atoms with Gasteiger partial charge in [0, 0.05) is 17.7 Å². The summed E-state index contributed by atoms with van der Waals surface area (Å²) in [7, 11) is 0. The fraction of sp³-hybridized carbons (Fsp3) is 0.577. The standard InChI is InChI=1S/C24H34ClN7O.C2HF3O2/c1-5-17(4)31-23(27-29-30-31)21(26-24(14-15-33)12-9-13-24)19-20(16(2)3)28-32(22(19)25)18-10-7-6-8-11-18;3-2(4,5)1(6)7/h6-8,10-11,16-17,21,26,33H,5,9,12-15H2,1-4H3;(H,6,7). The molecular formula is C26H35ClF3N7O3. The smallest absolute Gasteiger partial charge is 0.475 e. The van der Waals surface area contributed by atoms with Crippen LogP contribution in [0.5, 0.6) is 0 Å². The first kappa shape index (κ1) is 31.5. The molecule has 0 amide bonds. The summed E-state index contributed by atoms with van der Waals surface area (Å²) in [5.74, 6) is -1.88. The Morgan fingerprint density at radius 2 is 1.82 bits per heavy atom. The van der Waals surface area contributed by atoms with Crippen LogP contribution in [0, 0.1) is 0 Å². The SMILES string of the molecule is CCC(C)n1nnnc1C(NC1(CCO)CCC1)c1c(C(C)C)nn(-c2ccccc2)c1Cl.O=C(O)C(F)(F)F. The molecule has 2 unspecified atom stereocenters. The van der Waals surface area contributed by atoms with E-state index in [1.807, 2.05) is 35.0 Å². The van der Waals surface area contributed by atoms with Gasteiger partial charge in [-0.3, -0.25) is 5.32 Å². The molecule has 0 bridgehead atoms. The van der Waals surface area contributed by atoms with E-state index in [0.717, 1.165) is 48.5 Å². The summed E-state index contributed by atoms with van der Waals surface area (Å²) in [5, 5.41) is 39.1. The zero-order chi connectivity index (χ0) is 29.7. The molecule has 0 saturated heterocycles. The highest BCUT2D eigenvalue weighted by Gasteiger charge is 2.42. The number of alkyl halides is 3. The molecule has 40 heavy (non-hydrogen) atoms. The van der Waals surface area contributed by atoms with Crippen LogP contribution in [0.4, 0.5) is 13.2 Å². The number of carbonyl (C=O) groups is 1. The zero-order valence-corrected chi connectivity index (χ0v) is 23.6. The number of tetrazole rings is 1. The van der Waals surface area contributed by atoms with E-state index >= 15 is 0 Å². The Morgan fingerprint density at radius 3 is 2.30 bits per heavy atom. The van der Waals surface area contributed by atoms with Gasteiger partial charge in [-0.05, 0) is 67.5 Å². The lowest BCUT2D eigenvalue weighted by Crippen LogP contribution is -2.53. The second-order valence-corrected chi connectivity index (χ2v) is 10.6. The Hall–Kier alpha value is -3.03. The Morgan fingerprint density at radius 1 is 1.20 bits per heavy atom. The van der Waals surface area contributed by atoms with E-state index in [1.165, 1.54) is 0 Å². The van der Waals surface area contributed by atoms with Crippen molar-refractivity contribution in [2.75, 3.05) is 6.61 Å². The predicted molar refractivity (Wildman–Crippen MR) is 142 cm³/mol. The lowest BCUT2D eigenvalue weighted by molar-refractivity contribution is -0.192. The molecule has 2 atom stereocenters. The number of aromatic nitrogens is 6. The summed E-state index contributed by atoms with van der Waals surface area (Å²) in [6.07, 6.45) is -0.382. The number of halogens is 4. The fourth-order valence-corrected chi connectivity index (χ4v) is 4.93. The molecular weight excluding hydrogens is 551 g/mol. The van der Waals surface area contributed by atoms with Crippen LogP contribution in [0.3, 0.4) is 0 Å². The minimum absolute atomic E-state index is 0.129. The molecule has 0 spiro atoms. The van der Waals surface area contributed by atoms with Gasteiger partial charge in [-0.25, -0.2) is 14.2 Å². The molecule has 4 rings (SSSR count). The Bertz CT molecular complexity index is 1260. The van der Waals surface area contributed by atoms with Crippen molar-refractivity contribution in [3.63, 3.8) is 0 Å². The quantitative estimate of drug-likeness (QED) is 0.295. The highest BCUT2D eigenvalue weighted by molar-refractivity contribution is 6.30. The number of hydrogen-bond donors (Lipinski definition) is 3. The van der Waals surface area contributed by atoms with Crippen LogP contribution in [-0.4, -0.2) is 64.5 Å². The minimum Gasteiger partial charge on any atom is -0.475 e. The monoisotopic (exact) mass is 585 g/mol. The maximum absolute atomic E-state index is 10.6. The fourth-order valence-electron chi connectivity index (χ4n) is 4.59. The van der Waals surface area contributed by atoms with E-state index in [-0.39, 0.29) is 30.1 Å². The molecule has 2 aromatic heterocycles. The van der Waals surface area contributed by atoms with E-state index in [1.54, 1.807) is 4.68 Å². The molecule has 3 aromatic rings. The number of benzene rings is 1. The van der Waals surface area contributed by atoms with Crippen molar-refractivity contribution in [2.45, 2.75) is 89.5 Å². The van der Waals surface area contributed by atoms with Gasteiger partial charge in [0.2, 0.25) is 0 Å². The maximum Gasteiger partial charge on any atom is 0.490 e. The number of aliphatic hydroxyl groups is 1. The van der Waals surface area contributed by atoms with E-state index in [0.29, 0.717) is 11.6 Å². The van der Waals surface area contributed by atoms with Crippen molar-refractivity contribution in [3.05, 3.63) is 52.6 Å². The maximum atomic E-state index is 10.6. The summed E-state index contributed by atoms with van der Waals surface area (Å²) in [6, 6.07) is 9.72. The molecule has 2 heterocycles. The van der Waals surface area contributed by atoms with Crippen molar-refractivity contribution in [1.29, 1.82) is 0 Å². The number of nitrogens with zero attached hydrogens (tertiary/aromatic N) is 6. The Labute approximate surface area is 235 Å². The van der Waals surface area contributed by atoms with Gasteiger partial charge in [0.05, 0.1) is 17.4 Å². The largest absolute Gasteiger partial charge is 0.490 e. The van der Waals surface area contributed by atoms with E-state index in [2.05, 4.69) is 48.5 Å². The number of para-hydroxylation sites is 1. The number of aliphatic carboxylic acids is 1. The number of hydrogen-bond acceptors (Lipinski definition) is 7. The molecule has 1 aromatic carbocycles. The molecule has 0 aliphatic heterocycles. The molecule has 220 valence electrons. The van der Waals surface area contributed by atoms with Crippen LogP contribution in [0.1, 0.15) is 94.9 Å². The van der Waals surface area contributed by atoms with Gasteiger partial charge in [0.1, 0.15) is 11.2 Å². The third kappa shape index (κ3) is 6.99. The van der Waals surface area contributed by atoms with Gasteiger partial charge >= 0.3 is 12.1 Å². The van der Waals surface area contributed by atoms with Crippen LogP contribution >= 0.6 is 11.6 Å². The average Bonchev–Trinajstić information content (AvgIpc) is 3.51. The minimum atomic E-state index is -5.08. The van der Waals surface area contributed by atoms with Gasteiger partial charge < -0.3 is 10.2 Å². The Balaban J connectivity index is 0.000000559. The highest BCUT2D eigenvalue weighted by atomic mass is 35.5. The number of carboxylic acid groups (broad SMARTS) is 1. The van der Waals surface area contributed by atoms with Gasteiger partial charge in [-0.2, -0.15) is 18.3 Å². The van der Waals surface area contributed by atoms with E-state index < -0.39 is 12.1 Å². The zero-order valence-electron chi connectivity index (χ0n) is 22.9. The molecule has 0 radical (unpaired) electrons. The van der Waals surface area contributed by atoms with Crippen molar-refractivity contribution in [3.8, 4) is 5.69 Å². The molecule has 10 nitrogen and oxygen atoms in total. The third-order valence-electron chi connectivity index (χ3n) is 7.11. The van der Waals surface area contributed by atoms with Crippen LogP contribution < -0.4 is 5.32 Å². The number of nitrogens with one attached hydrogen (secondary N) is 1. The molecule has 1 fully saturated rings. The first-order valence-electron chi connectivity index (χ1n) is 13.1. The summed E-state index contributed by atoms with van der Waals surface area (Å²) < 4.78 is 35.4. The molecule has 1 aliphatic rings. The van der Waals surface area contributed by atoms with Crippen molar-refractivity contribution in [1.82, 2.24) is 35.3 Å². The second-order valence-electron chi connectivity index (χ2n) is 10.2. The van der Waals surface area contributed by atoms with Crippen molar-refractivity contribution >= 4 is 17.6 Å². The lowest BCUT2D eigenvalue weighted by Gasteiger charge is -2.45. The van der Waals surface area contributed by atoms with E-state index in [9.17, 15) is 18.3 Å². The average molecular weight is 586 g/mol.